The van der Waals surface area contributed by atoms with Crippen LogP contribution in [0.1, 0.15) is 18.9 Å². The van der Waals surface area contributed by atoms with Gasteiger partial charge in [-0.1, -0.05) is 19.1 Å². The van der Waals surface area contributed by atoms with Gasteiger partial charge in [0.15, 0.2) is 0 Å². The fraction of sp³-hybridized carbons (Fsp3) is 0.462. The molecule has 1 aromatic carbocycles. The van der Waals surface area contributed by atoms with Crippen LogP contribution in [-0.2, 0) is 5.60 Å². The monoisotopic (exact) mass is 222 g/mol. The zero-order valence-corrected chi connectivity index (χ0v) is 9.49. The van der Waals surface area contributed by atoms with E-state index in [0.29, 0.717) is 6.42 Å². The summed E-state index contributed by atoms with van der Waals surface area (Å²) in [6.45, 7) is 3.52. The first-order chi connectivity index (χ1) is 7.52. The number of benzene rings is 1. The first kappa shape index (κ1) is 11.6. The second-order valence-electron chi connectivity index (χ2n) is 4.66. The zero-order valence-electron chi connectivity index (χ0n) is 9.49. The lowest BCUT2D eigenvalue weighted by Crippen LogP contribution is -2.46. The van der Waals surface area contributed by atoms with E-state index in [0.717, 1.165) is 18.7 Å². The Balaban J connectivity index is 2.27. The number of nitrogens with zero attached hydrogens (tertiary/aromatic N) is 1. The van der Waals surface area contributed by atoms with Gasteiger partial charge in [0.05, 0.1) is 5.60 Å². The van der Waals surface area contributed by atoms with Crippen LogP contribution in [0.2, 0.25) is 0 Å². The summed E-state index contributed by atoms with van der Waals surface area (Å²) in [6.07, 6.45) is 0.642. The molecule has 1 N–H and O–H groups in total. The Kier molecular flexibility index (Phi) is 3.00. The molecule has 2 rings (SSSR count). The molecule has 0 radical (unpaired) electrons. The first-order valence-electron chi connectivity index (χ1n) is 5.56. The van der Waals surface area contributed by atoms with Gasteiger partial charge in [0.2, 0.25) is 0 Å². The van der Waals surface area contributed by atoms with Gasteiger partial charge in [-0.15, -0.1) is 0 Å². The summed E-state index contributed by atoms with van der Waals surface area (Å²) in [6, 6.07) is 6.14. The van der Waals surface area contributed by atoms with Gasteiger partial charge in [-0.05, 0) is 43.1 Å². The van der Waals surface area contributed by atoms with Gasteiger partial charge in [-0.25, -0.2) is 4.39 Å². The van der Waals surface area contributed by atoms with E-state index in [1.807, 2.05) is 11.8 Å². The SMILES string of the molecule is [CH2-]N1CCC(O)(c2ccc(F)cc2)C(C)C1. The van der Waals surface area contributed by atoms with Crippen molar-refractivity contribution in [3.8, 4) is 0 Å². The molecule has 2 unspecified atom stereocenters. The van der Waals surface area contributed by atoms with Gasteiger partial charge in [-0.2, -0.15) is 0 Å². The fourth-order valence-corrected chi connectivity index (χ4v) is 2.37. The van der Waals surface area contributed by atoms with Gasteiger partial charge >= 0.3 is 0 Å². The van der Waals surface area contributed by atoms with E-state index in [-0.39, 0.29) is 11.7 Å². The average molecular weight is 222 g/mol. The van der Waals surface area contributed by atoms with Crippen LogP contribution in [-0.4, -0.2) is 23.1 Å². The summed E-state index contributed by atoms with van der Waals surface area (Å²) in [5.41, 5.74) is -0.0449. The summed E-state index contributed by atoms with van der Waals surface area (Å²) < 4.78 is 12.8. The summed E-state index contributed by atoms with van der Waals surface area (Å²) in [5.74, 6) is -0.168. The molecule has 1 saturated heterocycles. The van der Waals surface area contributed by atoms with E-state index < -0.39 is 5.60 Å². The molecule has 1 aliphatic heterocycles. The lowest BCUT2D eigenvalue weighted by molar-refractivity contribution is -0.0626. The van der Waals surface area contributed by atoms with Crippen LogP contribution >= 0.6 is 0 Å². The van der Waals surface area contributed by atoms with Crippen LogP contribution in [0, 0.1) is 18.8 Å². The smallest absolute Gasteiger partial charge is 0.123 e. The maximum atomic E-state index is 12.8. The van der Waals surface area contributed by atoms with Gasteiger partial charge in [-0.3, -0.25) is 7.05 Å². The van der Waals surface area contributed by atoms with Crippen LogP contribution in [0.4, 0.5) is 4.39 Å². The molecule has 1 fully saturated rings. The molecule has 2 nitrogen and oxygen atoms in total. The number of likely N-dealkylation sites (tertiary alicyclic amines) is 1. The molecule has 0 aromatic heterocycles. The molecule has 3 heteroatoms. The van der Waals surface area contributed by atoms with Gasteiger partial charge < -0.3 is 10.0 Å². The Morgan fingerprint density at radius 3 is 2.62 bits per heavy atom. The van der Waals surface area contributed by atoms with Crippen molar-refractivity contribution in [2.75, 3.05) is 13.1 Å². The highest BCUT2D eigenvalue weighted by Crippen LogP contribution is 2.36. The van der Waals surface area contributed by atoms with Crippen LogP contribution in [0.3, 0.4) is 0 Å². The number of hydrogen-bond donors (Lipinski definition) is 1. The average Bonchev–Trinajstić information content (AvgIpc) is 2.25. The van der Waals surface area contributed by atoms with Crippen molar-refractivity contribution in [1.82, 2.24) is 4.90 Å². The third-order valence-corrected chi connectivity index (χ3v) is 3.50. The number of halogens is 1. The molecule has 0 saturated carbocycles. The van der Waals surface area contributed by atoms with Crippen molar-refractivity contribution in [1.29, 1.82) is 0 Å². The molecule has 1 aromatic rings. The van der Waals surface area contributed by atoms with E-state index in [1.54, 1.807) is 12.1 Å². The van der Waals surface area contributed by atoms with Crippen molar-refractivity contribution in [2.24, 2.45) is 5.92 Å². The van der Waals surface area contributed by atoms with E-state index in [9.17, 15) is 9.50 Å². The predicted molar refractivity (Wildman–Crippen MR) is 61.0 cm³/mol. The predicted octanol–water partition coefficient (Wildman–Crippen LogP) is 2.15. The number of rotatable bonds is 1. The largest absolute Gasteiger partial charge is 0.459 e. The molecule has 1 aliphatic rings. The van der Waals surface area contributed by atoms with Crippen molar-refractivity contribution in [2.45, 2.75) is 18.9 Å². The minimum atomic E-state index is -0.845. The third-order valence-electron chi connectivity index (χ3n) is 3.50. The Bertz CT molecular complexity index is 365. The molecule has 16 heavy (non-hydrogen) atoms. The van der Waals surface area contributed by atoms with Crippen LogP contribution < -0.4 is 0 Å². The highest BCUT2D eigenvalue weighted by molar-refractivity contribution is 5.24. The molecule has 0 amide bonds. The second kappa shape index (κ2) is 4.15. The molecular formula is C13H17FNO-. The standard InChI is InChI=1S/C13H17FNO/c1-10-9-15(2)8-7-13(10,16)11-3-5-12(14)6-4-11/h3-6,10,16H,2,7-9H2,1H3/q-1. The normalized spacial score (nSPS) is 31.6. The van der Waals surface area contributed by atoms with Gasteiger partial charge in [0.25, 0.3) is 0 Å². The third kappa shape index (κ3) is 1.97. The lowest BCUT2D eigenvalue weighted by atomic mass is 9.77. The molecule has 1 heterocycles. The van der Waals surface area contributed by atoms with E-state index in [1.165, 1.54) is 12.1 Å². The Labute approximate surface area is 95.7 Å². The number of hydrogen-bond acceptors (Lipinski definition) is 2. The van der Waals surface area contributed by atoms with Crippen LogP contribution in [0.15, 0.2) is 24.3 Å². The minimum Gasteiger partial charge on any atom is -0.459 e. The summed E-state index contributed by atoms with van der Waals surface area (Å²) in [4.78, 5) is 1.96. The molecule has 0 bridgehead atoms. The first-order valence-corrected chi connectivity index (χ1v) is 5.56. The Morgan fingerprint density at radius 2 is 2.06 bits per heavy atom. The molecular weight excluding hydrogens is 205 g/mol. The summed E-state index contributed by atoms with van der Waals surface area (Å²) >= 11 is 0. The Hall–Kier alpha value is -0.930. The lowest BCUT2D eigenvalue weighted by Gasteiger charge is -2.45. The topological polar surface area (TPSA) is 23.5 Å². The highest BCUT2D eigenvalue weighted by atomic mass is 19.1. The fourth-order valence-electron chi connectivity index (χ4n) is 2.37. The number of aliphatic hydroxyl groups is 1. The molecule has 0 spiro atoms. The van der Waals surface area contributed by atoms with Crippen LogP contribution in [0.25, 0.3) is 0 Å². The van der Waals surface area contributed by atoms with Crippen molar-refractivity contribution in [3.63, 3.8) is 0 Å². The molecule has 2 atom stereocenters. The van der Waals surface area contributed by atoms with E-state index in [2.05, 4.69) is 7.05 Å². The quantitative estimate of drug-likeness (QED) is 0.736. The second-order valence-corrected chi connectivity index (χ2v) is 4.66. The van der Waals surface area contributed by atoms with Crippen molar-refractivity contribution >= 4 is 0 Å². The van der Waals surface area contributed by atoms with Crippen molar-refractivity contribution in [3.05, 3.63) is 42.7 Å². The minimum absolute atomic E-state index is 0.101. The molecule has 0 aliphatic carbocycles. The van der Waals surface area contributed by atoms with Crippen LogP contribution in [0.5, 0.6) is 0 Å². The van der Waals surface area contributed by atoms with Gasteiger partial charge in [0, 0.05) is 0 Å². The zero-order chi connectivity index (χ0) is 11.8. The van der Waals surface area contributed by atoms with Crippen molar-refractivity contribution < 1.29 is 9.50 Å². The van der Waals surface area contributed by atoms with E-state index in [4.69, 9.17) is 0 Å². The summed E-state index contributed by atoms with van der Waals surface area (Å²) in [7, 11) is 3.88. The van der Waals surface area contributed by atoms with Gasteiger partial charge in [0.1, 0.15) is 5.82 Å². The molecule has 88 valence electrons. The number of piperidine rings is 1. The highest BCUT2D eigenvalue weighted by Gasteiger charge is 2.37. The maximum absolute atomic E-state index is 12.8. The summed E-state index contributed by atoms with van der Waals surface area (Å²) in [5, 5.41) is 10.6. The maximum Gasteiger partial charge on any atom is 0.123 e. The van der Waals surface area contributed by atoms with E-state index >= 15 is 0 Å². The Morgan fingerprint density at radius 1 is 1.44 bits per heavy atom.